The van der Waals surface area contributed by atoms with Gasteiger partial charge in [0, 0.05) is 44.3 Å². The zero-order valence-corrected chi connectivity index (χ0v) is 13.6. The van der Waals surface area contributed by atoms with Gasteiger partial charge in [0.05, 0.1) is 24.5 Å². The van der Waals surface area contributed by atoms with E-state index in [9.17, 15) is 10.1 Å². The maximum atomic E-state index is 12.5. The van der Waals surface area contributed by atoms with E-state index < -0.39 is 0 Å². The van der Waals surface area contributed by atoms with Gasteiger partial charge in [0.25, 0.3) is 0 Å². The van der Waals surface area contributed by atoms with Crippen LogP contribution in [0.2, 0.25) is 5.02 Å². The van der Waals surface area contributed by atoms with Gasteiger partial charge in [0.1, 0.15) is 6.07 Å². The fourth-order valence-electron chi connectivity index (χ4n) is 2.97. The van der Waals surface area contributed by atoms with Gasteiger partial charge in [0.15, 0.2) is 0 Å². The van der Waals surface area contributed by atoms with Crippen LogP contribution in [0.25, 0.3) is 0 Å². The lowest BCUT2D eigenvalue weighted by Gasteiger charge is -2.39. The molecule has 6 nitrogen and oxygen atoms in total. The van der Waals surface area contributed by atoms with Crippen LogP contribution < -0.4 is 4.90 Å². The number of nitriles is 1. The summed E-state index contributed by atoms with van der Waals surface area (Å²) in [5.41, 5.74) is 1.46. The number of anilines is 1. The molecule has 2 heterocycles. The molecule has 0 aromatic heterocycles. The number of nitrogens with zero attached hydrogens (tertiary/aromatic N) is 4. The quantitative estimate of drug-likeness (QED) is 0.785. The molecule has 3 rings (SSSR count). The number of hydrogen-bond donors (Lipinski definition) is 0. The zero-order chi connectivity index (χ0) is 16.2. The SMILES string of the molecule is N#Cc1cc(Cl)ccc1N1CCN(C(=O)N2CCOCC2)CC1. The molecule has 0 aliphatic carbocycles. The third-order valence-corrected chi connectivity index (χ3v) is 4.49. The number of piperazine rings is 1. The molecule has 0 atom stereocenters. The van der Waals surface area contributed by atoms with Crippen LogP contribution in [0.3, 0.4) is 0 Å². The van der Waals surface area contributed by atoms with Crippen LogP contribution in [0.1, 0.15) is 5.56 Å². The van der Waals surface area contributed by atoms with Crippen LogP contribution in [-0.4, -0.2) is 68.3 Å². The van der Waals surface area contributed by atoms with Crippen LogP contribution in [0.15, 0.2) is 18.2 Å². The highest BCUT2D eigenvalue weighted by Gasteiger charge is 2.27. The maximum absolute atomic E-state index is 12.5. The van der Waals surface area contributed by atoms with Crippen LogP contribution in [-0.2, 0) is 4.74 Å². The predicted molar refractivity (Wildman–Crippen MR) is 87.7 cm³/mol. The first-order valence-corrected chi connectivity index (χ1v) is 8.13. The molecule has 2 amide bonds. The number of hydrogen-bond acceptors (Lipinski definition) is 4. The number of carbonyl (C=O) groups is 1. The smallest absolute Gasteiger partial charge is 0.320 e. The summed E-state index contributed by atoms with van der Waals surface area (Å²) in [5, 5.41) is 9.83. The number of carbonyl (C=O) groups excluding carboxylic acids is 1. The van der Waals surface area contributed by atoms with Crippen LogP contribution in [0, 0.1) is 11.3 Å². The van der Waals surface area contributed by atoms with Crippen molar-refractivity contribution in [2.24, 2.45) is 0 Å². The maximum Gasteiger partial charge on any atom is 0.320 e. The minimum Gasteiger partial charge on any atom is -0.378 e. The average molecular weight is 335 g/mol. The van der Waals surface area contributed by atoms with Crippen molar-refractivity contribution in [1.29, 1.82) is 5.26 Å². The Bertz CT molecular complexity index is 617. The second-order valence-corrected chi connectivity index (χ2v) is 6.07. The van der Waals surface area contributed by atoms with Crippen molar-refractivity contribution < 1.29 is 9.53 Å². The number of morpholine rings is 1. The molecule has 7 heteroatoms. The van der Waals surface area contributed by atoms with Gasteiger partial charge in [-0.25, -0.2) is 4.79 Å². The minimum absolute atomic E-state index is 0.0876. The van der Waals surface area contributed by atoms with Crippen LogP contribution in [0.4, 0.5) is 10.5 Å². The molecule has 0 saturated carbocycles. The molecule has 23 heavy (non-hydrogen) atoms. The summed E-state index contributed by atoms with van der Waals surface area (Å²) in [6.45, 7) is 5.29. The second kappa shape index (κ2) is 7.07. The molecule has 2 aliphatic heterocycles. The number of halogens is 1. The van der Waals surface area contributed by atoms with E-state index in [0.29, 0.717) is 63.1 Å². The summed E-state index contributed by atoms with van der Waals surface area (Å²) in [5.74, 6) is 0. The number of benzene rings is 1. The van der Waals surface area contributed by atoms with E-state index >= 15 is 0 Å². The normalized spacial score (nSPS) is 18.7. The Hall–Kier alpha value is -1.97. The zero-order valence-electron chi connectivity index (χ0n) is 12.9. The molecule has 122 valence electrons. The molecule has 2 fully saturated rings. The Morgan fingerprint density at radius 3 is 2.39 bits per heavy atom. The molecule has 2 saturated heterocycles. The van der Waals surface area contributed by atoms with Crippen molar-refractivity contribution in [3.8, 4) is 6.07 Å². The first kappa shape index (κ1) is 15.9. The third kappa shape index (κ3) is 3.52. The molecule has 0 spiro atoms. The molecule has 0 bridgehead atoms. The summed E-state index contributed by atoms with van der Waals surface area (Å²) in [6.07, 6.45) is 0. The molecular weight excluding hydrogens is 316 g/mol. The van der Waals surface area contributed by atoms with Gasteiger partial charge < -0.3 is 19.4 Å². The average Bonchev–Trinajstić information content (AvgIpc) is 2.62. The summed E-state index contributed by atoms with van der Waals surface area (Å²) < 4.78 is 5.29. The first-order chi connectivity index (χ1) is 11.2. The van der Waals surface area contributed by atoms with Crippen molar-refractivity contribution in [2.45, 2.75) is 0 Å². The number of rotatable bonds is 1. The number of amides is 2. The second-order valence-electron chi connectivity index (χ2n) is 5.63. The van der Waals surface area contributed by atoms with E-state index in [-0.39, 0.29) is 6.03 Å². The first-order valence-electron chi connectivity index (χ1n) is 7.75. The largest absolute Gasteiger partial charge is 0.378 e. The lowest BCUT2D eigenvalue weighted by Crippen LogP contribution is -2.54. The summed E-state index contributed by atoms with van der Waals surface area (Å²) >= 11 is 5.95. The van der Waals surface area contributed by atoms with E-state index in [1.807, 2.05) is 15.9 Å². The molecule has 0 unspecified atom stereocenters. The Morgan fingerprint density at radius 2 is 1.74 bits per heavy atom. The van der Waals surface area contributed by atoms with Crippen LogP contribution in [0.5, 0.6) is 0 Å². The fourth-order valence-corrected chi connectivity index (χ4v) is 3.14. The molecule has 2 aliphatic rings. The highest BCUT2D eigenvalue weighted by atomic mass is 35.5. The molecular formula is C16H19ClN4O2. The Morgan fingerprint density at radius 1 is 1.09 bits per heavy atom. The highest BCUT2D eigenvalue weighted by molar-refractivity contribution is 6.30. The van der Waals surface area contributed by atoms with E-state index in [0.717, 1.165) is 5.69 Å². The van der Waals surface area contributed by atoms with Crippen molar-refractivity contribution >= 4 is 23.3 Å². The van der Waals surface area contributed by atoms with Gasteiger partial charge in [-0.2, -0.15) is 5.26 Å². The van der Waals surface area contributed by atoms with Gasteiger partial charge in [-0.3, -0.25) is 0 Å². The van der Waals surface area contributed by atoms with Gasteiger partial charge >= 0.3 is 6.03 Å². The van der Waals surface area contributed by atoms with Crippen molar-refractivity contribution in [2.75, 3.05) is 57.4 Å². The number of ether oxygens (including phenoxy) is 1. The molecule has 1 aromatic carbocycles. The van der Waals surface area contributed by atoms with E-state index in [1.54, 1.807) is 12.1 Å². The Labute approximate surface area is 140 Å². The van der Waals surface area contributed by atoms with Crippen LogP contribution >= 0.6 is 11.6 Å². The molecule has 0 N–H and O–H groups in total. The van der Waals surface area contributed by atoms with Gasteiger partial charge in [-0.15, -0.1) is 0 Å². The van der Waals surface area contributed by atoms with E-state index in [1.165, 1.54) is 0 Å². The number of urea groups is 1. The van der Waals surface area contributed by atoms with Gasteiger partial charge in [-0.05, 0) is 18.2 Å². The van der Waals surface area contributed by atoms with E-state index in [4.69, 9.17) is 16.3 Å². The summed E-state index contributed by atoms with van der Waals surface area (Å²) in [6, 6.07) is 7.63. The molecule has 0 radical (unpaired) electrons. The van der Waals surface area contributed by atoms with Crippen molar-refractivity contribution in [3.63, 3.8) is 0 Å². The van der Waals surface area contributed by atoms with Gasteiger partial charge in [0.2, 0.25) is 0 Å². The summed E-state index contributed by atoms with van der Waals surface area (Å²) in [4.78, 5) is 18.3. The lowest BCUT2D eigenvalue weighted by atomic mass is 10.1. The van der Waals surface area contributed by atoms with E-state index in [2.05, 4.69) is 11.0 Å². The minimum atomic E-state index is 0.0876. The Balaban J connectivity index is 1.62. The Kier molecular flexibility index (Phi) is 4.89. The molecule has 1 aromatic rings. The van der Waals surface area contributed by atoms with Crippen molar-refractivity contribution in [3.05, 3.63) is 28.8 Å². The van der Waals surface area contributed by atoms with Crippen molar-refractivity contribution in [1.82, 2.24) is 9.80 Å². The lowest BCUT2D eigenvalue weighted by molar-refractivity contribution is 0.0428. The highest BCUT2D eigenvalue weighted by Crippen LogP contribution is 2.25. The van der Waals surface area contributed by atoms with Gasteiger partial charge in [-0.1, -0.05) is 11.6 Å². The predicted octanol–water partition coefficient (Wildman–Crippen LogP) is 1.79. The monoisotopic (exact) mass is 334 g/mol. The topological polar surface area (TPSA) is 59.8 Å². The summed E-state index contributed by atoms with van der Waals surface area (Å²) in [7, 11) is 0. The standard InChI is InChI=1S/C16H19ClN4O2/c17-14-1-2-15(13(11-14)12-18)19-3-5-20(6-4-19)16(22)21-7-9-23-10-8-21/h1-2,11H,3-10H2. The third-order valence-electron chi connectivity index (χ3n) is 4.25. The fraction of sp³-hybridized carbons (Fsp3) is 0.500.